The van der Waals surface area contributed by atoms with E-state index in [0.717, 1.165) is 121 Å². The van der Waals surface area contributed by atoms with E-state index in [2.05, 4.69) is 76.7 Å². The van der Waals surface area contributed by atoms with Gasteiger partial charge in [0.25, 0.3) is 0 Å². The van der Waals surface area contributed by atoms with E-state index in [0.29, 0.717) is 36.5 Å². The number of anilines is 2. The van der Waals surface area contributed by atoms with Crippen LogP contribution in [0.25, 0.3) is 10.4 Å². The number of aromatic nitrogens is 4. The topological polar surface area (TPSA) is 173 Å². The molecule has 80 heavy (non-hydrogen) atoms. The highest BCUT2D eigenvalue weighted by molar-refractivity contribution is 9.10. The SMILES string of the molecule is Cc1ncsc1-c1ccc([C@@H](NC(=O)[C@@H]2C[C@@H](O)CN2C(=O)C(n2cc(C3CC3)nn2)C(C)(C)C)C(=O)N2CCC3(CCC(N4CCC(c5ccc6c(c5)N5C(=NC(O)c7c(Br)cccc75)C65CCCCC5)CC4)CC3)CC2)cc1. The lowest BCUT2D eigenvalue weighted by atomic mass is 9.66. The molecule has 5 aliphatic heterocycles. The third kappa shape index (κ3) is 9.75. The number of rotatable bonds is 10. The average molecular weight is 1170 g/mol. The Balaban J connectivity index is 0.663. The van der Waals surface area contributed by atoms with Gasteiger partial charge >= 0.3 is 0 Å². The number of benzene rings is 3. The molecular formula is C63H77BrN10O5S. The first-order valence-electron chi connectivity index (χ1n) is 29.8. The largest absolute Gasteiger partial charge is 0.391 e. The van der Waals surface area contributed by atoms with Crippen LogP contribution in [0.15, 0.2) is 81.8 Å². The van der Waals surface area contributed by atoms with E-state index >= 15 is 4.79 Å². The lowest BCUT2D eigenvalue weighted by Gasteiger charge is -2.49. The molecule has 5 aromatic rings. The van der Waals surface area contributed by atoms with Crippen molar-refractivity contribution < 1.29 is 24.6 Å². The number of halogens is 1. The molecule has 3 aromatic carbocycles. The summed E-state index contributed by atoms with van der Waals surface area (Å²) in [6.07, 6.45) is 16.7. The number of aryl methyl sites for hydroxylation is 1. The van der Waals surface area contributed by atoms with Crippen LogP contribution in [0.3, 0.4) is 0 Å². The van der Waals surface area contributed by atoms with Crippen molar-refractivity contribution in [1.82, 2.24) is 40.0 Å². The van der Waals surface area contributed by atoms with Crippen molar-refractivity contribution in [2.24, 2.45) is 15.8 Å². The Labute approximate surface area is 482 Å². The maximum atomic E-state index is 15.0. The van der Waals surface area contributed by atoms with Gasteiger partial charge in [0, 0.05) is 54.2 Å². The number of hydrogen-bond acceptors (Lipinski definition) is 12. The van der Waals surface area contributed by atoms with Crippen LogP contribution in [0, 0.1) is 17.8 Å². The minimum Gasteiger partial charge on any atom is -0.391 e. The summed E-state index contributed by atoms with van der Waals surface area (Å²) in [6, 6.07) is 19.2. The number of aliphatic hydroxyl groups is 2. The van der Waals surface area contributed by atoms with Crippen LogP contribution < -0.4 is 10.2 Å². The molecular weight excluding hydrogens is 1090 g/mol. The summed E-state index contributed by atoms with van der Waals surface area (Å²) in [4.78, 5) is 63.6. The molecule has 2 aromatic heterocycles. The number of hydrogen-bond donors (Lipinski definition) is 3. The second-order valence-corrected chi connectivity index (χ2v) is 27.7. The molecule has 5 atom stereocenters. The smallest absolute Gasteiger partial charge is 0.249 e. The highest BCUT2D eigenvalue weighted by Gasteiger charge is 2.53. The molecule has 3 aliphatic carbocycles. The van der Waals surface area contributed by atoms with Crippen molar-refractivity contribution in [1.29, 1.82) is 0 Å². The molecule has 17 heteroatoms. The van der Waals surface area contributed by atoms with E-state index < -0.39 is 41.8 Å². The molecule has 3 N–H and O–H groups in total. The van der Waals surface area contributed by atoms with Gasteiger partial charge < -0.3 is 30.2 Å². The fraction of sp³-hybridized carbons (Fsp3) is 0.571. The van der Waals surface area contributed by atoms with Gasteiger partial charge in [-0.3, -0.25) is 19.3 Å². The molecule has 0 bridgehead atoms. The highest BCUT2D eigenvalue weighted by atomic mass is 79.9. The van der Waals surface area contributed by atoms with Crippen LogP contribution in [-0.4, -0.2) is 119 Å². The number of likely N-dealkylation sites (tertiary alicyclic amines) is 3. The maximum Gasteiger partial charge on any atom is 0.249 e. The average Bonchev–Trinajstić information content (AvgIpc) is 3.84. The molecule has 3 saturated carbocycles. The van der Waals surface area contributed by atoms with Crippen molar-refractivity contribution in [2.75, 3.05) is 37.6 Å². The van der Waals surface area contributed by atoms with Crippen molar-refractivity contribution in [3.8, 4) is 10.4 Å². The van der Waals surface area contributed by atoms with Crippen molar-refractivity contribution in [2.45, 2.75) is 184 Å². The minimum absolute atomic E-state index is 0.0105. The number of β-amino-alcohol motifs (C(OH)–C–C–N with tert-alkyl or cyclic N) is 1. The maximum absolute atomic E-state index is 15.0. The zero-order chi connectivity index (χ0) is 55.2. The van der Waals surface area contributed by atoms with Crippen LogP contribution >= 0.6 is 27.3 Å². The second kappa shape index (κ2) is 21.1. The third-order valence-corrected chi connectivity index (χ3v) is 21.7. The van der Waals surface area contributed by atoms with Crippen LogP contribution in [0.2, 0.25) is 0 Å². The van der Waals surface area contributed by atoms with Crippen LogP contribution in [0.4, 0.5) is 11.4 Å². The van der Waals surface area contributed by atoms with Crippen molar-refractivity contribution >= 4 is 62.2 Å². The molecule has 3 saturated heterocycles. The van der Waals surface area contributed by atoms with Gasteiger partial charge in [-0.05, 0) is 154 Å². The number of aliphatic imine (C=N–C) groups is 1. The van der Waals surface area contributed by atoms with Gasteiger partial charge in [0.05, 0.1) is 44.7 Å². The predicted octanol–water partition coefficient (Wildman–Crippen LogP) is 10.9. The number of carbonyl (C=O) groups is 3. The Morgan fingerprint density at radius 1 is 0.825 bits per heavy atom. The van der Waals surface area contributed by atoms with E-state index in [1.165, 1.54) is 53.8 Å². The Morgan fingerprint density at radius 3 is 2.25 bits per heavy atom. The summed E-state index contributed by atoms with van der Waals surface area (Å²) in [5.41, 5.74) is 10.7. The van der Waals surface area contributed by atoms with Crippen LogP contribution in [-0.2, 0) is 19.8 Å². The normalized spacial score (nSPS) is 24.8. The molecule has 8 aliphatic rings. The number of amidine groups is 1. The Morgan fingerprint density at radius 2 is 1.56 bits per heavy atom. The van der Waals surface area contributed by atoms with Gasteiger partial charge in [0.1, 0.15) is 24.0 Å². The lowest BCUT2D eigenvalue weighted by molar-refractivity contribution is -0.145. The number of nitrogens with one attached hydrogen (secondary N) is 1. The van der Waals surface area contributed by atoms with Gasteiger partial charge in [0.2, 0.25) is 17.7 Å². The lowest BCUT2D eigenvalue weighted by Crippen LogP contribution is -2.54. The molecule has 422 valence electrons. The van der Waals surface area contributed by atoms with E-state index in [4.69, 9.17) is 4.99 Å². The van der Waals surface area contributed by atoms with E-state index in [1.807, 2.05) is 74.6 Å². The summed E-state index contributed by atoms with van der Waals surface area (Å²) in [5, 5.41) is 34.5. The van der Waals surface area contributed by atoms with Gasteiger partial charge in [-0.2, -0.15) is 0 Å². The summed E-state index contributed by atoms with van der Waals surface area (Å²) in [6.45, 7) is 11.4. The number of carbonyl (C=O) groups excluding carboxylic acids is 3. The first kappa shape index (κ1) is 53.9. The molecule has 15 nitrogen and oxygen atoms in total. The molecule has 0 radical (unpaired) electrons. The molecule has 2 unspecified atom stereocenters. The van der Waals surface area contributed by atoms with Gasteiger partial charge in [-0.25, -0.2) is 14.7 Å². The Bertz CT molecular complexity index is 3190. The van der Waals surface area contributed by atoms with Crippen molar-refractivity contribution in [3.63, 3.8) is 0 Å². The zero-order valence-corrected chi connectivity index (χ0v) is 49.2. The quantitative estimate of drug-likeness (QED) is 0.122. The van der Waals surface area contributed by atoms with Gasteiger partial charge in [-0.15, -0.1) is 16.4 Å². The first-order valence-corrected chi connectivity index (χ1v) is 31.5. The Kier molecular flexibility index (Phi) is 14.3. The third-order valence-electron chi connectivity index (χ3n) is 20.1. The molecule has 13 rings (SSSR count). The summed E-state index contributed by atoms with van der Waals surface area (Å²) in [7, 11) is 0. The number of piperidine rings is 2. The highest BCUT2D eigenvalue weighted by Crippen LogP contribution is 2.57. The van der Waals surface area contributed by atoms with Crippen LogP contribution in [0.5, 0.6) is 0 Å². The predicted molar refractivity (Wildman–Crippen MR) is 314 cm³/mol. The van der Waals surface area contributed by atoms with Crippen molar-refractivity contribution in [3.05, 3.63) is 110 Å². The van der Waals surface area contributed by atoms with Gasteiger partial charge in [-0.1, -0.05) is 104 Å². The Hall–Kier alpha value is -5.33. The zero-order valence-electron chi connectivity index (χ0n) is 46.8. The summed E-state index contributed by atoms with van der Waals surface area (Å²) >= 11 is 5.31. The molecule has 2 spiro atoms. The monoisotopic (exact) mass is 1160 g/mol. The van der Waals surface area contributed by atoms with E-state index in [-0.39, 0.29) is 35.6 Å². The van der Waals surface area contributed by atoms with E-state index in [9.17, 15) is 19.8 Å². The number of thiazole rings is 1. The number of nitrogens with zero attached hydrogens (tertiary/aromatic N) is 9. The second-order valence-electron chi connectivity index (χ2n) is 26.0. The number of fused-ring (bicyclic) bond motifs is 7. The fourth-order valence-electron chi connectivity index (χ4n) is 15.4. The molecule has 7 heterocycles. The molecule has 6 fully saturated rings. The van der Waals surface area contributed by atoms with Crippen LogP contribution in [0.1, 0.15) is 187 Å². The number of aliphatic hydroxyl groups excluding tert-OH is 2. The molecule has 3 amide bonds. The number of amides is 3. The minimum atomic E-state index is -0.981. The first-order chi connectivity index (χ1) is 38.6. The standard InChI is InChI=1S/C63H77BrN10O5S/c1-38-54(80-37-65-38)42-15-13-41(14-16-42)53(66-56(76)51-34-45(75)35-72(51)59(79)55(61(2,3)4)73-36-48(68-69-73)40-11-12-40)58(78)71-31-27-62(28-32-71)25-19-44(20-26-62)70-29-21-39(22-30-70)43-17-18-46-50(33-43)74-49-10-8-9-47(64)52(49)57(77)67-60(74)63(46)23-6-5-7-24-63/h8-10,13-18,33,36-37,39-40,44-45,51,53,55,57,75,77H,5-7,11-12,19-32,34-35H2,1-4H3,(H,66,76)/t45-,51+,53-,55?,57?/m1/s1. The fourth-order valence-corrected chi connectivity index (χ4v) is 16.8. The van der Waals surface area contributed by atoms with E-state index in [1.54, 1.807) is 16.0 Å². The summed E-state index contributed by atoms with van der Waals surface area (Å²) in [5.74, 6) is 0.976. The summed E-state index contributed by atoms with van der Waals surface area (Å²) < 4.78 is 2.53. The van der Waals surface area contributed by atoms with Gasteiger partial charge in [0.15, 0.2) is 6.23 Å².